The SMILES string of the molecule is CCCC1CCN(C(c2cccc(OC)c2)C(N)CC)C1. The predicted octanol–water partition coefficient (Wildman–Crippen LogP) is 3.60. The fraction of sp³-hybridized carbons (Fsp3) is 0.667. The van der Waals surface area contributed by atoms with Crippen LogP contribution in [0.3, 0.4) is 0 Å². The number of hydrogen-bond donors (Lipinski definition) is 1. The highest BCUT2D eigenvalue weighted by Gasteiger charge is 2.31. The molecule has 1 aliphatic rings. The molecule has 0 spiro atoms. The standard InChI is InChI=1S/C18H30N2O/c1-4-7-14-10-11-20(13-14)18(17(19)5-2)15-8-6-9-16(12-15)21-3/h6,8-9,12,14,17-18H,4-5,7,10-11,13,19H2,1-3H3. The van der Waals surface area contributed by atoms with E-state index in [2.05, 4.69) is 36.9 Å². The first-order valence-electron chi connectivity index (χ1n) is 8.33. The Kier molecular flexibility index (Phi) is 6.07. The summed E-state index contributed by atoms with van der Waals surface area (Å²) in [6, 6.07) is 8.90. The van der Waals surface area contributed by atoms with Gasteiger partial charge in [-0.25, -0.2) is 0 Å². The number of nitrogens with two attached hydrogens (primary N) is 1. The Hall–Kier alpha value is -1.06. The van der Waals surface area contributed by atoms with Crippen molar-refractivity contribution in [3.63, 3.8) is 0 Å². The first-order valence-corrected chi connectivity index (χ1v) is 8.33. The number of rotatable bonds is 7. The van der Waals surface area contributed by atoms with Gasteiger partial charge < -0.3 is 10.5 Å². The van der Waals surface area contributed by atoms with Gasteiger partial charge in [0.1, 0.15) is 5.75 Å². The smallest absolute Gasteiger partial charge is 0.119 e. The van der Waals surface area contributed by atoms with Crippen LogP contribution in [-0.2, 0) is 0 Å². The largest absolute Gasteiger partial charge is 0.497 e. The van der Waals surface area contributed by atoms with E-state index in [0.717, 1.165) is 18.1 Å². The van der Waals surface area contributed by atoms with Crippen LogP contribution >= 0.6 is 0 Å². The summed E-state index contributed by atoms with van der Waals surface area (Å²) in [6.45, 7) is 6.81. The molecular weight excluding hydrogens is 260 g/mol. The Morgan fingerprint density at radius 2 is 2.19 bits per heavy atom. The quantitative estimate of drug-likeness (QED) is 0.834. The predicted molar refractivity (Wildman–Crippen MR) is 88.6 cm³/mol. The van der Waals surface area contributed by atoms with Crippen LogP contribution in [0.5, 0.6) is 5.75 Å². The van der Waals surface area contributed by atoms with E-state index in [4.69, 9.17) is 10.5 Å². The molecule has 0 radical (unpaired) electrons. The average Bonchev–Trinajstić information content (AvgIpc) is 2.96. The van der Waals surface area contributed by atoms with Gasteiger partial charge in [0.25, 0.3) is 0 Å². The van der Waals surface area contributed by atoms with Gasteiger partial charge in [0.05, 0.1) is 13.2 Å². The molecule has 3 nitrogen and oxygen atoms in total. The van der Waals surface area contributed by atoms with Crippen LogP contribution in [0.1, 0.15) is 51.1 Å². The molecule has 2 rings (SSSR count). The van der Waals surface area contributed by atoms with Crippen LogP contribution in [0.2, 0.25) is 0 Å². The van der Waals surface area contributed by atoms with Gasteiger partial charge in [-0.3, -0.25) is 4.90 Å². The number of methoxy groups -OCH3 is 1. The van der Waals surface area contributed by atoms with Crippen molar-refractivity contribution in [2.75, 3.05) is 20.2 Å². The summed E-state index contributed by atoms with van der Waals surface area (Å²) in [4.78, 5) is 2.59. The van der Waals surface area contributed by atoms with Crippen molar-refractivity contribution in [3.05, 3.63) is 29.8 Å². The lowest BCUT2D eigenvalue weighted by atomic mass is 9.96. The van der Waals surface area contributed by atoms with Crippen molar-refractivity contribution in [3.8, 4) is 5.75 Å². The lowest BCUT2D eigenvalue weighted by molar-refractivity contribution is 0.200. The molecule has 118 valence electrons. The van der Waals surface area contributed by atoms with Crippen LogP contribution in [0.25, 0.3) is 0 Å². The molecule has 2 N–H and O–H groups in total. The van der Waals surface area contributed by atoms with Crippen molar-refractivity contribution in [2.45, 2.75) is 51.6 Å². The molecule has 3 atom stereocenters. The minimum Gasteiger partial charge on any atom is -0.497 e. The van der Waals surface area contributed by atoms with E-state index < -0.39 is 0 Å². The van der Waals surface area contributed by atoms with Crippen molar-refractivity contribution in [1.29, 1.82) is 0 Å². The van der Waals surface area contributed by atoms with E-state index >= 15 is 0 Å². The normalized spacial score (nSPS) is 22.2. The molecule has 1 aliphatic heterocycles. The van der Waals surface area contributed by atoms with Gasteiger partial charge in [-0.1, -0.05) is 32.4 Å². The molecule has 0 aromatic heterocycles. The third kappa shape index (κ3) is 3.98. The Balaban J connectivity index is 2.18. The van der Waals surface area contributed by atoms with Crippen LogP contribution in [0.4, 0.5) is 0 Å². The maximum absolute atomic E-state index is 6.46. The van der Waals surface area contributed by atoms with Gasteiger partial charge in [0.15, 0.2) is 0 Å². The zero-order valence-electron chi connectivity index (χ0n) is 13.7. The summed E-state index contributed by atoms with van der Waals surface area (Å²) in [6.07, 6.45) is 4.92. The second-order valence-electron chi connectivity index (χ2n) is 6.23. The monoisotopic (exact) mass is 290 g/mol. The van der Waals surface area contributed by atoms with Gasteiger partial charge in [-0.05, 0) is 49.4 Å². The molecule has 0 amide bonds. The molecule has 0 aliphatic carbocycles. The first kappa shape index (κ1) is 16.3. The Morgan fingerprint density at radius 3 is 2.86 bits per heavy atom. The number of ether oxygens (including phenoxy) is 1. The topological polar surface area (TPSA) is 38.5 Å². The highest BCUT2D eigenvalue weighted by molar-refractivity contribution is 5.31. The van der Waals surface area contributed by atoms with E-state index in [1.54, 1.807) is 7.11 Å². The summed E-state index contributed by atoms with van der Waals surface area (Å²) >= 11 is 0. The summed E-state index contributed by atoms with van der Waals surface area (Å²) in [5, 5.41) is 0. The molecule has 1 fully saturated rings. The highest BCUT2D eigenvalue weighted by Crippen LogP contribution is 2.33. The van der Waals surface area contributed by atoms with Crippen LogP contribution in [0.15, 0.2) is 24.3 Å². The Labute approximate surface area is 129 Å². The molecule has 21 heavy (non-hydrogen) atoms. The lowest BCUT2D eigenvalue weighted by Crippen LogP contribution is -2.39. The molecule has 1 aromatic rings. The lowest BCUT2D eigenvalue weighted by Gasteiger charge is -2.33. The molecule has 0 bridgehead atoms. The molecule has 3 heteroatoms. The summed E-state index contributed by atoms with van der Waals surface area (Å²) in [5.74, 6) is 1.76. The van der Waals surface area contributed by atoms with E-state index in [1.165, 1.54) is 37.9 Å². The third-order valence-electron chi connectivity index (χ3n) is 4.72. The maximum atomic E-state index is 6.46. The molecule has 3 unspecified atom stereocenters. The fourth-order valence-corrected chi connectivity index (χ4v) is 3.54. The number of benzene rings is 1. The number of nitrogens with zero attached hydrogens (tertiary/aromatic N) is 1. The van der Waals surface area contributed by atoms with E-state index in [-0.39, 0.29) is 6.04 Å². The summed E-state index contributed by atoms with van der Waals surface area (Å²) in [5.41, 5.74) is 7.75. The van der Waals surface area contributed by atoms with Crippen LogP contribution < -0.4 is 10.5 Å². The summed E-state index contributed by atoms with van der Waals surface area (Å²) in [7, 11) is 1.72. The molecule has 1 saturated heterocycles. The van der Waals surface area contributed by atoms with Crippen LogP contribution in [0, 0.1) is 5.92 Å². The maximum Gasteiger partial charge on any atom is 0.119 e. The zero-order chi connectivity index (χ0) is 15.2. The van der Waals surface area contributed by atoms with Crippen molar-refractivity contribution < 1.29 is 4.74 Å². The second kappa shape index (κ2) is 7.81. The zero-order valence-corrected chi connectivity index (χ0v) is 13.7. The average molecular weight is 290 g/mol. The van der Waals surface area contributed by atoms with Crippen molar-refractivity contribution in [2.24, 2.45) is 11.7 Å². The van der Waals surface area contributed by atoms with E-state index in [0.29, 0.717) is 6.04 Å². The molecular formula is C18H30N2O. The Bertz CT molecular complexity index is 435. The highest BCUT2D eigenvalue weighted by atomic mass is 16.5. The van der Waals surface area contributed by atoms with Crippen LogP contribution in [-0.4, -0.2) is 31.1 Å². The minimum absolute atomic E-state index is 0.178. The van der Waals surface area contributed by atoms with Gasteiger partial charge >= 0.3 is 0 Å². The van der Waals surface area contributed by atoms with Gasteiger partial charge in [-0.15, -0.1) is 0 Å². The van der Waals surface area contributed by atoms with Crippen molar-refractivity contribution in [1.82, 2.24) is 4.90 Å². The minimum atomic E-state index is 0.178. The number of likely N-dealkylation sites (tertiary alicyclic amines) is 1. The molecule has 0 saturated carbocycles. The third-order valence-corrected chi connectivity index (χ3v) is 4.72. The second-order valence-corrected chi connectivity index (χ2v) is 6.23. The van der Waals surface area contributed by atoms with Gasteiger partial charge in [0, 0.05) is 12.6 Å². The van der Waals surface area contributed by atoms with Crippen molar-refractivity contribution >= 4 is 0 Å². The van der Waals surface area contributed by atoms with E-state index in [1.807, 2.05) is 6.07 Å². The fourth-order valence-electron chi connectivity index (χ4n) is 3.54. The van der Waals surface area contributed by atoms with E-state index in [9.17, 15) is 0 Å². The Morgan fingerprint density at radius 1 is 1.38 bits per heavy atom. The van der Waals surface area contributed by atoms with Gasteiger partial charge in [-0.2, -0.15) is 0 Å². The van der Waals surface area contributed by atoms with Gasteiger partial charge in [0.2, 0.25) is 0 Å². The number of hydrogen-bond acceptors (Lipinski definition) is 3. The first-order chi connectivity index (χ1) is 10.2. The molecule has 1 aromatic carbocycles. The molecule has 1 heterocycles. The summed E-state index contributed by atoms with van der Waals surface area (Å²) < 4.78 is 5.38.